The van der Waals surface area contributed by atoms with Crippen LogP contribution in [0, 0.1) is 6.92 Å². The van der Waals surface area contributed by atoms with Crippen molar-refractivity contribution < 1.29 is 14.3 Å². The summed E-state index contributed by atoms with van der Waals surface area (Å²) in [6, 6.07) is 9.14. The predicted molar refractivity (Wildman–Crippen MR) is 92.3 cm³/mol. The Morgan fingerprint density at radius 2 is 2.04 bits per heavy atom. The summed E-state index contributed by atoms with van der Waals surface area (Å²) < 4.78 is 11.8. The van der Waals surface area contributed by atoms with Crippen LogP contribution in [0.2, 0.25) is 0 Å². The Bertz CT molecular complexity index is 716. The van der Waals surface area contributed by atoms with Gasteiger partial charge < -0.3 is 14.8 Å². The van der Waals surface area contributed by atoms with E-state index < -0.39 is 0 Å². The number of carbonyl (C=O) groups excluding carboxylic acids is 1. The first-order chi connectivity index (χ1) is 11.6. The van der Waals surface area contributed by atoms with Gasteiger partial charge in [-0.1, -0.05) is 6.07 Å². The number of halogens is 1. The number of nitrogens with one attached hydrogen (secondary N) is 1. The zero-order valence-electron chi connectivity index (χ0n) is 13.3. The summed E-state index contributed by atoms with van der Waals surface area (Å²) in [6.45, 7) is 3.35. The number of aromatic nitrogens is 2. The lowest BCUT2D eigenvalue weighted by atomic mass is 10.1. The molecular weight excluding hydrogens is 374 g/mol. The zero-order chi connectivity index (χ0) is 16.9. The third kappa shape index (κ3) is 4.30. The molecule has 24 heavy (non-hydrogen) atoms. The third-order valence-electron chi connectivity index (χ3n) is 3.73. The van der Waals surface area contributed by atoms with Crippen molar-refractivity contribution in [2.45, 2.75) is 25.8 Å². The van der Waals surface area contributed by atoms with Gasteiger partial charge in [0.2, 0.25) is 5.88 Å². The van der Waals surface area contributed by atoms with Crippen molar-refractivity contribution in [3.8, 4) is 11.6 Å². The van der Waals surface area contributed by atoms with E-state index in [1.165, 1.54) is 0 Å². The van der Waals surface area contributed by atoms with Crippen LogP contribution in [-0.2, 0) is 4.74 Å². The van der Waals surface area contributed by atoms with E-state index in [0.29, 0.717) is 24.8 Å². The van der Waals surface area contributed by atoms with Gasteiger partial charge in [0.05, 0.1) is 4.47 Å². The van der Waals surface area contributed by atoms with Crippen LogP contribution >= 0.6 is 15.9 Å². The van der Waals surface area contributed by atoms with Crippen LogP contribution in [0.1, 0.15) is 28.9 Å². The number of nitrogens with zero attached hydrogens (tertiary/aromatic N) is 2. The first-order valence-electron chi connectivity index (χ1n) is 7.78. The van der Waals surface area contributed by atoms with Gasteiger partial charge in [0, 0.05) is 25.3 Å². The van der Waals surface area contributed by atoms with Crippen molar-refractivity contribution in [1.29, 1.82) is 0 Å². The van der Waals surface area contributed by atoms with E-state index in [4.69, 9.17) is 9.47 Å². The fourth-order valence-electron chi connectivity index (χ4n) is 2.40. The SMILES string of the molecule is Cc1ccc(Oc2ccc(C(=O)NC3CCOCC3)nn2)c(Br)c1. The lowest BCUT2D eigenvalue weighted by Crippen LogP contribution is -2.39. The van der Waals surface area contributed by atoms with Gasteiger partial charge in [-0.25, -0.2) is 0 Å². The van der Waals surface area contributed by atoms with Gasteiger partial charge >= 0.3 is 0 Å². The Morgan fingerprint density at radius 3 is 2.71 bits per heavy atom. The quantitative estimate of drug-likeness (QED) is 0.865. The van der Waals surface area contributed by atoms with Crippen LogP contribution in [0.25, 0.3) is 0 Å². The minimum atomic E-state index is -0.225. The molecule has 3 rings (SSSR count). The topological polar surface area (TPSA) is 73.3 Å². The molecule has 0 radical (unpaired) electrons. The first kappa shape index (κ1) is 16.9. The smallest absolute Gasteiger partial charge is 0.272 e. The van der Waals surface area contributed by atoms with E-state index in [1.807, 2.05) is 25.1 Å². The molecule has 0 aliphatic carbocycles. The number of rotatable bonds is 4. The van der Waals surface area contributed by atoms with E-state index in [0.717, 1.165) is 22.9 Å². The highest BCUT2D eigenvalue weighted by molar-refractivity contribution is 9.10. The molecule has 1 N–H and O–H groups in total. The fraction of sp³-hybridized carbons (Fsp3) is 0.353. The van der Waals surface area contributed by atoms with Crippen LogP contribution in [0.4, 0.5) is 0 Å². The monoisotopic (exact) mass is 391 g/mol. The largest absolute Gasteiger partial charge is 0.436 e. The van der Waals surface area contributed by atoms with Gasteiger partial charge in [-0.3, -0.25) is 4.79 Å². The Labute approximate surface area is 148 Å². The molecule has 1 aromatic carbocycles. The highest BCUT2D eigenvalue weighted by Gasteiger charge is 2.18. The van der Waals surface area contributed by atoms with Crippen LogP contribution < -0.4 is 10.1 Å². The van der Waals surface area contributed by atoms with Crippen LogP contribution in [0.5, 0.6) is 11.6 Å². The summed E-state index contributed by atoms with van der Waals surface area (Å²) in [5, 5.41) is 10.9. The zero-order valence-corrected chi connectivity index (χ0v) is 14.9. The van der Waals surface area contributed by atoms with Gasteiger partial charge in [-0.15, -0.1) is 10.2 Å². The van der Waals surface area contributed by atoms with E-state index in [1.54, 1.807) is 12.1 Å². The van der Waals surface area contributed by atoms with Crippen molar-refractivity contribution in [1.82, 2.24) is 15.5 Å². The van der Waals surface area contributed by atoms with Crippen molar-refractivity contribution in [2.75, 3.05) is 13.2 Å². The highest BCUT2D eigenvalue weighted by Crippen LogP contribution is 2.29. The van der Waals surface area contributed by atoms with E-state index in [-0.39, 0.29) is 17.6 Å². The summed E-state index contributed by atoms with van der Waals surface area (Å²) in [6.07, 6.45) is 1.64. The highest BCUT2D eigenvalue weighted by atomic mass is 79.9. The molecule has 1 aliphatic rings. The molecule has 0 saturated carbocycles. The lowest BCUT2D eigenvalue weighted by Gasteiger charge is -2.22. The van der Waals surface area contributed by atoms with E-state index in [2.05, 4.69) is 31.4 Å². The Hall–Kier alpha value is -1.99. The second kappa shape index (κ2) is 7.72. The number of ether oxygens (including phenoxy) is 2. The maximum absolute atomic E-state index is 12.2. The first-order valence-corrected chi connectivity index (χ1v) is 8.57. The maximum atomic E-state index is 12.2. The average molecular weight is 392 g/mol. The van der Waals surface area contributed by atoms with Gasteiger partial charge in [0.25, 0.3) is 5.91 Å². The van der Waals surface area contributed by atoms with Gasteiger partial charge in [0.15, 0.2) is 5.69 Å². The molecule has 126 valence electrons. The summed E-state index contributed by atoms with van der Waals surface area (Å²) in [4.78, 5) is 12.2. The minimum Gasteiger partial charge on any atom is -0.436 e. The molecular formula is C17H18BrN3O3. The maximum Gasteiger partial charge on any atom is 0.272 e. The Kier molecular flexibility index (Phi) is 5.42. The molecule has 7 heteroatoms. The fourth-order valence-corrected chi connectivity index (χ4v) is 2.97. The van der Waals surface area contributed by atoms with Gasteiger partial charge in [0.1, 0.15) is 5.75 Å². The second-order valence-corrected chi connectivity index (χ2v) is 6.51. The minimum absolute atomic E-state index is 0.132. The molecule has 0 atom stereocenters. The van der Waals surface area contributed by atoms with Crippen molar-refractivity contribution in [3.63, 3.8) is 0 Å². The summed E-state index contributed by atoms with van der Waals surface area (Å²) in [5.41, 5.74) is 1.40. The standard InChI is InChI=1S/C17H18BrN3O3/c1-11-2-4-15(13(18)10-11)24-16-5-3-14(20-21-16)17(22)19-12-6-8-23-9-7-12/h2-5,10,12H,6-9H2,1H3,(H,19,22). The normalized spacial score (nSPS) is 15.1. The second-order valence-electron chi connectivity index (χ2n) is 5.65. The van der Waals surface area contributed by atoms with Crippen LogP contribution in [0.3, 0.4) is 0 Å². The van der Waals surface area contributed by atoms with E-state index in [9.17, 15) is 4.79 Å². The molecule has 2 aromatic rings. The average Bonchev–Trinajstić information content (AvgIpc) is 2.59. The third-order valence-corrected chi connectivity index (χ3v) is 4.35. The number of aryl methyl sites for hydroxylation is 1. The van der Waals surface area contributed by atoms with Gasteiger partial charge in [-0.05, 0) is 59.5 Å². The molecule has 1 saturated heterocycles. The number of carbonyl (C=O) groups is 1. The van der Waals surface area contributed by atoms with Crippen molar-refractivity contribution in [3.05, 3.63) is 46.1 Å². The molecule has 1 aromatic heterocycles. The number of benzene rings is 1. The van der Waals surface area contributed by atoms with Crippen LogP contribution in [-0.4, -0.2) is 35.4 Å². The van der Waals surface area contributed by atoms with Crippen LogP contribution in [0.15, 0.2) is 34.8 Å². The summed E-state index contributed by atoms with van der Waals surface area (Å²) in [7, 11) is 0. The van der Waals surface area contributed by atoms with Gasteiger partial charge in [-0.2, -0.15) is 0 Å². The molecule has 1 amide bonds. The number of hydrogen-bond acceptors (Lipinski definition) is 5. The molecule has 1 aliphatic heterocycles. The molecule has 0 bridgehead atoms. The molecule has 6 nitrogen and oxygen atoms in total. The molecule has 0 spiro atoms. The molecule has 0 unspecified atom stereocenters. The predicted octanol–water partition coefficient (Wildman–Crippen LogP) is 3.25. The number of hydrogen-bond donors (Lipinski definition) is 1. The number of amides is 1. The van der Waals surface area contributed by atoms with E-state index >= 15 is 0 Å². The van der Waals surface area contributed by atoms with Crippen molar-refractivity contribution >= 4 is 21.8 Å². The molecule has 2 heterocycles. The Balaban J connectivity index is 1.63. The Morgan fingerprint density at radius 1 is 1.25 bits per heavy atom. The summed E-state index contributed by atoms with van der Waals surface area (Å²) >= 11 is 3.45. The van der Waals surface area contributed by atoms with Crippen molar-refractivity contribution in [2.24, 2.45) is 0 Å². The summed E-state index contributed by atoms with van der Waals surface area (Å²) in [5.74, 6) is 0.758. The lowest BCUT2D eigenvalue weighted by molar-refractivity contribution is 0.0693. The molecule has 1 fully saturated rings.